The van der Waals surface area contributed by atoms with E-state index in [-0.39, 0.29) is 6.10 Å². The molecule has 5 heteroatoms. The van der Waals surface area contributed by atoms with Crippen LogP contribution in [0.2, 0.25) is 0 Å². The van der Waals surface area contributed by atoms with E-state index in [9.17, 15) is 0 Å². The number of halogens is 1. The second-order valence-electron chi connectivity index (χ2n) is 3.51. The zero-order valence-electron chi connectivity index (χ0n) is 7.90. The lowest BCUT2D eigenvalue weighted by Crippen LogP contribution is -2.10. The SMILES string of the molecule is CC(ON)c1nc(C2CC2)ncc1Br. The van der Waals surface area contributed by atoms with Gasteiger partial charge in [-0.1, -0.05) is 0 Å². The zero-order chi connectivity index (χ0) is 10.1. The molecule has 1 saturated carbocycles. The molecule has 1 heterocycles. The molecular weight excluding hydrogens is 246 g/mol. The van der Waals surface area contributed by atoms with E-state index in [0.717, 1.165) is 16.0 Å². The summed E-state index contributed by atoms with van der Waals surface area (Å²) in [6.45, 7) is 1.86. The third kappa shape index (κ3) is 1.94. The Hall–Kier alpha value is -0.520. The van der Waals surface area contributed by atoms with E-state index < -0.39 is 0 Å². The molecule has 0 radical (unpaired) electrons. The van der Waals surface area contributed by atoms with Gasteiger partial charge in [0.1, 0.15) is 11.9 Å². The zero-order valence-corrected chi connectivity index (χ0v) is 9.49. The minimum Gasteiger partial charge on any atom is -0.295 e. The van der Waals surface area contributed by atoms with Gasteiger partial charge in [0.2, 0.25) is 0 Å². The third-order valence-corrected chi connectivity index (χ3v) is 2.93. The van der Waals surface area contributed by atoms with Crippen molar-refractivity contribution in [1.82, 2.24) is 9.97 Å². The van der Waals surface area contributed by atoms with E-state index in [1.165, 1.54) is 12.8 Å². The fourth-order valence-corrected chi connectivity index (χ4v) is 1.80. The Morgan fingerprint density at radius 1 is 1.64 bits per heavy atom. The summed E-state index contributed by atoms with van der Waals surface area (Å²) in [4.78, 5) is 13.5. The highest BCUT2D eigenvalue weighted by atomic mass is 79.9. The highest BCUT2D eigenvalue weighted by Crippen LogP contribution is 2.38. The molecule has 2 N–H and O–H groups in total. The van der Waals surface area contributed by atoms with Crippen LogP contribution in [-0.4, -0.2) is 9.97 Å². The lowest BCUT2D eigenvalue weighted by Gasteiger charge is -2.10. The van der Waals surface area contributed by atoms with Crippen molar-refractivity contribution in [3.05, 3.63) is 22.2 Å². The Labute approximate surface area is 91.0 Å². The number of hydrogen-bond acceptors (Lipinski definition) is 4. The van der Waals surface area contributed by atoms with Crippen molar-refractivity contribution in [3.8, 4) is 0 Å². The highest BCUT2D eigenvalue weighted by Gasteiger charge is 2.27. The van der Waals surface area contributed by atoms with Crippen LogP contribution in [0.1, 0.15) is 43.3 Å². The maximum absolute atomic E-state index is 5.13. The maximum Gasteiger partial charge on any atom is 0.131 e. The topological polar surface area (TPSA) is 61.0 Å². The van der Waals surface area contributed by atoms with Crippen molar-refractivity contribution in [2.75, 3.05) is 0 Å². The number of nitrogens with two attached hydrogens (primary N) is 1. The van der Waals surface area contributed by atoms with E-state index >= 15 is 0 Å². The fourth-order valence-electron chi connectivity index (χ4n) is 1.28. The molecule has 0 aliphatic heterocycles. The molecule has 4 nitrogen and oxygen atoms in total. The van der Waals surface area contributed by atoms with Gasteiger partial charge in [-0.05, 0) is 35.7 Å². The molecule has 1 aliphatic rings. The summed E-state index contributed by atoms with van der Waals surface area (Å²) in [7, 11) is 0. The van der Waals surface area contributed by atoms with E-state index in [1.807, 2.05) is 6.92 Å². The second kappa shape index (κ2) is 3.92. The molecule has 14 heavy (non-hydrogen) atoms. The first-order valence-corrected chi connectivity index (χ1v) is 5.39. The monoisotopic (exact) mass is 257 g/mol. The van der Waals surface area contributed by atoms with E-state index in [0.29, 0.717) is 5.92 Å². The Balaban J connectivity index is 2.31. The second-order valence-corrected chi connectivity index (χ2v) is 4.37. The predicted octanol–water partition coefficient (Wildman–Crippen LogP) is 2.07. The Bertz CT molecular complexity index is 341. The third-order valence-electron chi connectivity index (χ3n) is 2.32. The lowest BCUT2D eigenvalue weighted by atomic mass is 10.2. The van der Waals surface area contributed by atoms with Gasteiger partial charge in [0.25, 0.3) is 0 Å². The molecule has 1 aromatic rings. The van der Waals surface area contributed by atoms with Gasteiger partial charge in [-0.3, -0.25) is 4.84 Å². The summed E-state index contributed by atoms with van der Waals surface area (Å²) >= 11 is 3.38. The Morgan fingerprint density at radius 2 is 2.36 bits per heavy atom. The molecule has 1 atom stereocenters. The first kappa shape index (κ1) is 10.0. The van der Waals surface area contributed by atoms with Crippen LogP contribution in [0.3, 0.4) is 0 Å². The van der Waals surface area contributed by atoms with Gasteiger partial charge in [0.15, 0.2) is 0 Å². The first-order valence-electron chi connectivity index (χ1n) is 4.60. The number of rotatable bonds is 3. The summed E-state index contributed by atoms with van der Waals surface area (Å²) in [5.41, 5.74) is 0.824. The van der Waals surface area contributed by atoms with Crippen LogP contribution in [0.5, 0.6) is 0 Å². The van der Waals surface area contributed by atoms with E-state index in [1.54, 1.807) is 6.20 Å². The molecule has 0 saturated heterocycles. The van der Waals surface area contributed by atoms with Crippen molar-refractivity contribution in [3.63, 3.8) is 0 Å². The van der Waals surface area contributed by atoms with Gasteiger partial charge in [-0.2, -0.15) is 0 Å². The fraction of sp³-hybridized carbons (Fsp3) is 0.556. The molecule has 1 fully saturated rings. The quantitative estimate of drug-likeness (QED) is 0.843. The molecule has 0 spiro atoms. The van der Waals surface area contributed by atoms with Crippen molar-refractivity contribution in [2.24, 2.45) is 5.90 Å². The first-order chi connectivity index (χ1) is 6.72. The molecule has 0 aromatic carbocycles. The van der Waals surface area contributed by atoms with Crippen LogP contribution in [-0.2, 0) is 4.84 Å². The Morgan fingerprint density at radius 3 is 2.93 bits per heavy atom. The molecule has 2 rings (SSSR count). The normalized spacial score (nSPS) is 18.2. The molecule has 1 aliphatic carbocycles. The lowest BCUT2D eigenvalue weighted by molar-refractivity contribution is 0.0626. The summed E-state index contributed by atoms with van der Waals surface area (Å²) in [5, 5.41) is 0. The van der Waals surface area contributed by atoms with Gasteiger partial charge < -0.3 is 0 Å². The summed E-state index contributed by atoms with van der Waals surface area (Å²) in [6.07, 6.45) is 3.95. The van der Waals surface area contributed by atoms with E-state index in [4.69, 9.17) is 10.7 Å². The van der Waals surface area contributed by atoms with Crippen molar-refractivity contribution in [2.45, 2.75) is 31.8 Å². The van der Waals surface area contributed by atoms with Gasteiger partial charge >= 0.3 is 0 Å². The summed E-state index contributed by atoms with van der Waals surface area (Å²) < 4.78 is 0.847. The molecule has 0 bridgehead atoms. The smallest absolute Gasteiger partial charge is 0.131 e. The van der Waals surface area contributed by atoms with Crippen molar-refractivity contribution in [1.29, 1.82) is 0 Å². The molecular formula is C9H12BrN3O. The van der Waals surface area contributed by atoms with Gasteiger partial charge in [0.05, 0.1) is 10.2 Å². The minimum absolute atomic E-state index is 0.204. The standard InChI is InChI=1S/C9H12BrN3O/c1-5(14-11)8-7(10)4-12-9(13-8)6-2-3-6/h4-6H,2-3,11H2,1H3. The maximum atomic E-state index is 5.13. The number of nitrogens with zero attached hydrogens (tertiary/aromatic N) is 2. The predicted molar refractivity (Wildman–Crippen MR) is 55.4 cm³/mol. The van der Waals surface area contributed by atoms with Gasteiger partial charge in [0, 0.05) is 12.1 Å². The van der Waals surface area contributed by atoms with Crippen molar-refractivity contribution < 1.29 is 4.84 Å². The average molecular weight is 258 g/mol. The number of hydrogen-bond donors (Lipinski definition) is 1. The number of aromatic nitrogens is 2. The molecule has 0 amide bonds. The van der Waals surface area contributed by atoms with Crippen LogP contribution in [0.15, 0.2) is 10.7 Å². The van der Waals surface area contributed by atoms with E-state index in [2.05, 4.69) is 25.9 Å². The summed E-state index contributed by atoms with van der Waals surface area (Å²) in [5.74, 6) is 6.59. The largest absolute Gasteiger partial charge is 0.295 e. The molecule has 1 unspecified atom stereocenters. The van der Waals surface area contributed by atoms with Crippen LogP contribution < -0.4 is 5.90 Å². The van der Waals surface area contributed by atoms with Gasteiger partial charge in [-0.25, -0.2) is 15.9 Å². The van der Waals surface area contributed by atoms with Crippen molar-refractivity contribution >= 4 is 15.9 Å². The minimum atomic E-state index is -0.204. The van der Waals surface area contributed by atoms with Crippen LogP contribution >= 0.6 is 15.9 Å². The van der Waals surface area contributed by atoms with Crippen LogP contribution in [0, 0.1) is 0 Å². The van der Waals surface area contributed by atoms with Crippen LogP contribution in [0.25, 0.3) is 0 Å². The average Bonchev–Trinajstić information content (AvgIpc) is 3.01. The Kier molecular flexibility index (Phi) is 2.80. The molecule has 1 aromatic heterocycles. The molecule has 76 valence electrons. The van der Waals surface area contributed by atoms with Gasteiger partial charge in [-0.15, -0.1) is 0 Å². The highest BCUT2D eigenvalue weighted by molar-refractivity contribution is 9.10. The van der Waals surface area contributed by atoms with Crippen LogP contribution in [0.4, 0.5) is 0 Å². The summed E-state index contributed by atoms with van der Waals surface area (Å²) in [6, 6.07) is 0.